The van der Waals surface area contributed by atoms with E-state index in [4.69, 9.17) is 4.74 Å². The van der Waals surface area contributed by atoms with Gasteiger partial charge in [0.05, 0.1) is 19.3 Å². The molecule has 1 aliphatic heterocycles. The minimum Gasteiger partial charge on any atom is -0.490 e. The lowest BCUT2D eigenvalue weighted by Crippen LogP contribution is -2.30. The van der Waals surface area contributed by atoms with Gasteiger partial charge in [0.1, 0.15) is 12.2 Å². The van der Waals surface area contributed by atoms with Gasteiger partial charge in [0.15, 0.2) is 17.4 Å². The third-order valence-corrected chi connectivity index (χ3v) is 6.41. The number of sulfonamides is 1. The quantitative estimate of drug-likeness (QED) is 0.497. The summed E-state index contributed by atoms with van der Waals surface area (Å²) in [6.07, 6.45) is 3.54. The highest BCUT2D eigenvalue weighted by atomic mass is 32.2. The Labute approximate surface area is 184 Å². The second-order valence-corrected chi connectivity index (χ2v) is 9.71. The Morgan fingerprint density at radius 3 is 2.81 bits per heavy atom. The number of ether oxygens (including phenoxy) is 1. The van der Waals surface area contributed by atoms with E-state index in [1.165, 1.54) is 29.3 Å². The van der Waals surface area contributed by atoms with Crippen LogP contribution in [0.15, 0.2) is 24.4 Å². The van der Waals surface area contributed by atoms with E-state index in [0.717, 1.165) is 17.5 Å². The number of hydrogen-bond acceptors (Lipinski definition) is 7. The predicted molar refractivity (Wildman–Crippen MR) is 109 cm³/mol. The highest BCUT2D eigenvalue weighted by Crippen LogP contribution is 2.31. The summed E-state index contributed by atoms with van der Waals surface area (Å²) in [6, 6.07) is 3.09. The maximum Gasteiger partial charge on any atom is 0.324 e. The lowest BCUT2D eigenvalue weighted by Gasteiger charge is -2.16. The van der Waals surface area contributed by atoms with Gasteiger partial charge in [-0.2, -0.15) is 0 Å². The van der Waals surface area contributed by atoms with Crippen molar-refractivity contribution in [3.63, 3.8) is 0 Å². The van der Waals surface area contributed by atoms with Crippen molar-refractivity contribution in [2.24, 2.45) is 5.92 Å². The van der Waals surface area contributed by atoms with Gasteiger partial charge < -0.3 is 9.64 Å². The van der Waals surface area contributed by atoms with E-state index in [1.807, 2.05) is 0 Å². The van der Waals surface area contributed by atoms with Crippen LogP contribution < -0.4 is 14.8 Å². The van der Waals surface area contributed by atoms with Crippen molar-refractivity contribution in [3.05, 3.63) is 41.5 Å². The molecule has 2 heterocycles. The van der Waals surface area contributed by atoms with Crippen LogP contribution in [0.25, 0.3) is 0 Å². The number of aromatic nitrogens is 3. The van der Waals surface area contributed by atoms with E-state index in [9.17, 15) is 22.4 Å². The fraction of sp³-hybridized carbons (Fsp3) is 0.474. The molecule has 0 unspecified atom stereocenters. The van der Waals surface area contributed by atoms with Gasteiger partial charge in [0.2, 0.25) is 15.9 Å². The molecule has 32 heavy (non-hydrogen) atoms. The molecule has 0 radical (unpaired) electrons. The maximum atomic E-state index is 14.0. The Morgan fingerprint density at radius 1 is 1.34 bits per heavy atom. The number of nitrogens with zero attached hydrogens (tertiary/aromatic N) is 4. The number of carbonyl (C=O) groups is 2. The number of carbonyl (C=O) groups excluding carboxylic acids is 2. The smallest absolute Gasteiger partial charge is 0.324 e. The lowest BCUT2D eigenvalue weighted by molar-refractivity contribution is -0.118. The molecule has 172 valence electrons. The topological polar surface area (TPSA) is 136 Å². The fourth-order valence-electron chi connectivity index (χ4n) is 3.22. The lowest BCUT2D eigenvalue weighted by atomic mass is 10.1. The SMILES string of the molecule is C[C@@H](NS(=O)(=O)Cn1cc(CN2CC(=O)NC2=O)nn1)c1ccc(F)c(OCC2CC2)c1. The minimum atomic E-state index is -3.83. The first kappa shape index (κ1) is 22.1. The van der Waals surface area contributed by atoms with Crippen molar-refractivity contribution in [1.82, 2.24) is 29.9 Å². The van der Waals surface area contributed by atoms with Gasteiger partial charge in [-0.25, -0.2) is 27.0 Å². The van der Waals surface area contributed by atoms with Crippen LogP contribution in [0.5, 0.6) is 5.75 Å². The molecule has 2 aliphatic rings. The van der Waals surface area contributed by atoms with Crippen LogP contribution in [0.2, 0.25) is 0 Å². The normalized spacial score (nSPS) is 17.5. The predicted octanol–water partition coefficient (Wildman–Crippen LogP) is 0.896. The zero-order valence-electron chi connectivity index (χ0n) is 17.3. The molecule has 1 atom stereocenters. The van der Waals surface area contributed by atoms with Crippen LogP contribution in [0, 0.1) is 11.7 Å². The molecule has 4 rings (SSSR count). The second kappa shape index (κ2) is 8.82. The number of halogens is 1. The zero-order valence-corrected chi connectivity index (χ0v) is 18.1. The van der Waals surface area contributed by atoms with Crippen LogP contribution in [-0.4, -0.2) is 53.4 Å². The number of urea groups is 1. The Kier molecular flexibility index (Phi) is 6.11. The average molecular weight is 466 g/mol. The number of imide groups is 1. The molecule has 0 bridgehead atoms. The van der Waals surface area contributed by atoms with Crippen molar-refractivity contribution in [2.45, 2.75) is 38.2 Å². The Hall–Kier alpha value is -3.06. The van der Waals surface area contributed by atoms with Crippen molar-refractivity contribution in [3.8, 4) is 5.75 Å². The number of rotatable bonds is 10. The zero-order chi connectivity index (χ0) is 22.9. The van der Waals surface area contributed by atoms with Crippen molar-refractivity contribution < 1.29 is 27.1 Å². The van der Waals surface area contributed by atoms with E-state index in [1.54, 1.807) is 6.92 Å². The fourth-order valence-corrected chi connectivity index (χ4v) is 4.44. The maximum absolute atomic E-state index is 14.0. The van der Waals surface area contributed by atoms with Gasteiger partial charge >= 0.3 is 6.03 Å². The molecular weight excluding hydrogens is 443 g/mol. The molecule has 0 spiro atoms. The van der Waals surface area contributed by atoms with E-state index >= 15 is 0 Å². The third kappa shape index (κ3) is 5.59. The van der Waals surface area contributed by atoms with E-state index < -0.39 is 39.7 Å². The Bertz CT molecular complexity index is 1130. The van der Waals surface area contributed by atoms with Gasteiger partial charge in [0.25, 0.3) is 0 Å². The number of benzene rings is 1. The van der Waals surface area contributed by atoms with Crippen LogP contribution in [0.4, 0.5) is 9.18 Å². The summed E-state index contributed by atoms with van der Waals surface area (Å²) in [5.74, 6) is -0.840. The summed E-state index contributed by atoms with van der Waals surface area (Å²) in [5.41, 5.74) is 0.902. The summed E-state index contributed by atoms with van der Waals surface area (Å²) in [7, 11) is -3.83. The first-order valence-corrected chi connectivity index (χ1v) is 11.7. The Morgan fingerprint density at radius 2 is 2.12 bits per heavy atom. The monoisotopic (exact) mass is 466 g/mol. The molecule has 1 saturated carbocycles. The standard InChI is InChI=1S/C19H23FN6O5S/c1-12(14-4-5-16(20)17(6-14)31-10-13-2-3-13)23-32(29,30)11-26-8-15(22-24-26)7-25-9-18(27)21-19(25)28/h4-6,8,12-13,23H,2-3,7,9-11H2,1H3,(H,21,27,28)/t12-/m1/s1. The summed E-state index contributed by atoms with van der Waals surface area (Å²) in [6.45, 7) is 2.03. The van der Waals surface area contributed by atoms with E-state index in [-0.39, 0.29) is 18.8 Å². The molecule has 1 aliphatic carbocycles. The van der Waals surface area contributed by atoms with E-state index in [2.05, 4.69) is 20.4 Å². The van der Waals surface area contributed by atoms with Gasteiger partial charge in [-0.1, -0.05) is 11.3 Å². The van der Waals surface area contributed by atoms with Crippen molar-refractivity contribution in [1.29, 1.82) is 0 Å². The third-order valence-electron chi connectivity index (χ3n) is 5.09. The Balaban J connectivity index is 1.36. The highest BCUT2D eigenvalue weighted by Gasteiger charge is 2.27. The summed E-state index contributed by atoms with van der Waals surface area (Å²) in [4.78, 5) is 24.1. The average Bonchev–Trinajstić information content (AvgIpc) is 3.36. The number of hydrogen-bond donors (Lipinski definition) is 2. The van der Waals surface area contributed by atoms with Gasteiger partial charge in [-0.3, -0.25) is 10.1 Å². The molecule has 2 N–H and O–H groups in total. The molecular formula is C19H23FN6O5S. The molecule has 2 aromatic rings. The summed E-state index contributed by atoms with van der Waals surface area (Å²) in [5, 5.41) is 9.77. The molecule has 3 amide bonds. The molecule has 13 heteroatoms. The van der Waals surface area contributed by atoms with Crippen molar-refractivity contribution >= 4 is 22.0 Å². The van der Waals surface area contributed by atoms with Crippen LogP contribution in [0.1, 0.15) is 37.1 Å². The van der Waals surface area contributed by atoms with Gasteiger partial charge in [0, 0.05) is 6.04 Å². The van der Waals surface area contributed by atoms with Crippen LogP contribution in [-0.2, 0) is 27.2 Å². The number of nitrogens with one attached hydrogen (secondary N) is 2. The molecule has 1 saturated heterocycles. The minimum absolute atomic E-state index is 0.0284. The van der Waals surface area contributed by atoms with Crippen LogP contribution >= 0.6 is 0 Å². The van der Waals surface area contributed by atoms with Crippen LogP contribution in [0.3, 0.4) is 0 Å². The first-order valence-electron chi connectivity index (χ1n) is 10.1. The highest BCUT2D eigenvalue weighted by molar-refractivity contribution is 7.88. The van der Waals surface area contributed by atoms with Crippen molar-refractivity contribution in [2.75, 3.05) is 13.2 Å². The first-order chi connectivity index (χ1) is 15.2. The van der Waals surface area contributed by atoms with Gasteiger partial charge in [-0.05, 0) is 43.4 Å². The second-order valence-electron chi connectivity index (χ2n) is 7.99. The molecule has 11 nitrogen and oxygen atoms in total. The number of amides is 3. The van der Waals surface area contributed by atoms with E-state index in [0.29, 0.717) is 23.8 Å². The van der Waals surface area contributed by atoms with Gasteiger partial charge in [-0.15, -0.1) is 5.10 Å². The summed E-state index contributed by atoms with van der Waals surface area (Å²) < 4.78 is 48.3. The molecule has 1 aromatic carbocycles. The largest absolute Gasteiger partial charge is 0.490 e. The summed E-state index contributed by atoms with van der Waals surface area (Å²) >= 11 is 0. The molecule has 2 fully saturated rings. The molecule has 1 aromatic heterocycles.